The molecule has 31 heavy (non-hydrogen) atoms. The van der Waals surface area contributed by atoms with Gasteiger partial charge in [-0.2, -0.15) is 0 Å². The van der Waals surface area contributed by atoms with E-state index in [-0.39, 0.29) is 29.9 Å². The van der Waals surface area contributed by atoms with E-state index in [4.69, 9.17) is 0 Å². The summed E-state index contributed by atoms with van der Waals surface area (Å²) in [7, 11) is 5.32. The van der Waals surface area contributed by atoms with Crippen molar-refractivity contribution in [2.75, 3.05) is 52.2 Å². The van der Waals surface area contributed by atoms with Crippen LogP contribution in [0.3, 0.4) is 0 Å². The average molecular weight is 537 g/mol. The molecule has 2 aromatic carbocycles. The minimum absolute atomic E-state index is 0. The van der Waals surface area contributed by atoms with Crippen LogP contribution >= 0.6 is 24.0 Å². The van der Waals surface area contributed by atoms with Crippen molar-refractivity contribution in [3.63, 3.8) is 0 Å². The van der Waals surface area contributed by atoms with E-state index >= 15 is 0 Å². The first-order valence-corrected chi connectivity index (χ1v) is 10.5. The molecular formula is C24H36IN5O. The van der Waals surface area contributed by atoms with E-state index < -0.39 is 0 Å². The molecule has 2 aromatic rings. The first-order valence-electron chi connectivity index (χ1n) is 10.5. The van der Waals surface area contributed by atoms with Gasteiger partial charge in [-0.1, -0.05) is 24.3 Å². The molecule has 1 amide bonds. The Hall–Kier alpha value is -2.29. The van der Waals surface area contributed by atoms with Gasteiger partial charge in [0.15, 0.2) is 5.96 Å². The van der Waals surface area contributed by atoms with Crippen LogP contribution in [-0.4, -0.2) is 64.1 Å². The van der Waals surface area contributed by atoms with E-state index in [0.29, 0.717) is 0 Å². The number of hydrogen-bond donors (Lipinski definition) is 2. The van der Waals surface area contributed by atoms with E-state index in [1.54, 1.807) is 26.0 Å². The third-order valence-corrected chi connectivity index (χ3v) is 4.93. The van der Waals surface area contributed by atoms with Crippen molar-refractivity contribution in [1.29, 1.82) is 0 Å². The van der Waals surface area contributed by atoms with E-state index in [1.807, 2.05) is 24.3 Å². The molecule has 0 aliphatic carbocycles. The fourth-order valence-corrected chi connectivity index (χ4v) is 3.27. The minimum Gasteiger partial charge on any atom is -0.370 e. The van der Waals surface area contributed by atoms with Crippen molar-refractivity contribution in [2.45, 2.75) is 20.3 Å². The highest BCUT2D eigenvalue weighted by Crippen LogP contribution is 2.15. The maximum absolute atomic E-state index is 12.1. The van der Waals surface area contributed by atoms with Gasteiger partial charge in [0.25, 0.3) is 5.91 Å². The molecule has 0 spiro atoms. The van der Waals surface area contributed by atoms with Gasteiger partial charge in [-0.3, -0.25) is 9.79 Å². The topological polar surface area (TPSA) is 60.0 Å². The highest BCUT2D eigenvalue weighted by Gasteiger charge is 2.08. The number of anilines is 1. The summed E-state index contributed by atoms with van der Waals surface area (Å²) in [5.41, 5.74) is 4.36. The van der Waals surface area contributed by atoms with Crippen LogP contribution in [0.4, 0.5) is 5.69 Å². The van der Waals surface area contributed by atoms with Crippen LogP contribution in [0.1, 0.15) is 28.4 Å². The Morgan fingerprint density at radius 1 is 1.03 bits per heavy atom. The zero-order chi connectivity index (χ0) is 21.9. The Bertz CT molecular complexity index is 853. The number of likely N-dealkylation sites (N-methyl/N-ethyl adjacent to an activating group) is 1. The lowest BCUT2D eigenvalue weighted by Gasteiger charge is -2.24. The van der Waals surface area contributed by atoms with E-state index in [9.17, 15) is 4.79 Å². The van der Waals surface area contributed by atoms with Gasteiger partial charge in [-0.25, -0.2) is 0 Å². The molecule has 0 unspecified atom stereocenters. The van der Waals surface area contributed by atoms with Crippen LogP contribution in [-0.2, 0) is 6.42 Å². The molecule has 170 valence electrons. The number of hydrogen-bond acceptors (Lipinski definition) is 3. The quantitative estimate of drug-likeness (QED) is 0.292. The summed E-state index contributed by atoms with van der Waals surface area (Å²) in [5.74, 6) is 0.812. The minimum atomic E-state index is 0. The molecule has 0 bridgehead atoms. The number of aryl methyl sites for hydroxylation is 1. The molecule has 0 saturated heterocycles. The number of aliphatic imine (C=N–C) groups is 1. The number of guanidine groups is 1. The van der Waals surface area contributed by atoms with Crippen molar-refractivity contribution < 1.29 is 4.79 Å². The van der Waals surface area contributed by atoms with Gasteiger partial charge in [0, 0.05) is 58.6 Å². The van der Waals surface area contributed by atoms with Crippen molar-refractivity contribution in [3.05, 3.63) is 65.2 Å². The van der Waals surface area contributed by atoms with Crippen molar-refractivity contribution in [2.24, 2.45) is 4.99 Å². The second kappa shape index (κ2) is 13.9. The van der Waals surface area contributed by atoms with Gasteiger partial charge in [0.1, 0.15) is 0 Å². The normalized spacial score (nSPS) is 10.8. The smallest absolute Gasteiger partial charge is 0.253 e. The fourth-order valence-electron chi connectivity index (χ4n) is 3.27. The highest BCUT2D eigenvalue weighted by molar-refractivity contribution is 14.0. The summed E-state index contributed by atoms with van der Waals surface area (Å²) >= 11 is 0. The largest absolute Gasteiger partial charge is 0.370 e. The van der Waals surface area contributed by atoms with Crippen LogP contribution in [0.5, 0.6) is 0 Å². The van der Waals surface area contributed by atoms with Crippen molar-refractivity contribution in [3.8, 4) is 0 Å². The number of nitrogens with one attached hydrogen (secondary N) is 2. The standard InChI is InChI=1S/C24H35N5O.HI/c1-6-29(22-12-7-9-19(2)17-22)16-15-27-24(25-3)26-14-13-20-10-8-11-21(18-20)23(30)28(4)5;/h7-12,17-18H,6,13-16H2,1-5H3,(H2,25,26,27);1H. The number of carbonyl (C=O) groups is 1. The maximum atomic E-state index is 12.1. The van der Waals surface area contributed by atoms with Gasteiger partial charge < -0.3 is 20.4 Å². The van der Waals surface area contributed by atoms with Gasteiger partial charge in [-0.05, 0) is 55.7 Å². The third kappa shape index (κ3) is 8.77. The van der Waals surface area contributed by atoms with Crippen LogP contribution in [0.25, 0.3) is 0 Å². The third-order valence-electron chi connectivity index (χ3n) is 4.93. The summed E-state index contributed by atoms with van der Waals surface area (Å²) < 4.78 is 0. The predicted molar refractivity (Wildman–Crippen MR) is 142 cm³/mol. The van der Waals surface area contributed by atoms with Crippen molar-refractivity contribution in [1.82, 2.24) is 15.5 Å². The second-order valence-electron chi connectivity index (χ2n) is 7.49. The first kappa shape index (κ1) is 26.7. The lowest BCUT2D eigenvalue weighted by atomic mass is 10.1. The van der Waals surface area contributed by atoms with Gasteiger partial charge in [0.05, 0.1) is 0 Å². The molecule has 0 atom stereocenters. The van der Waals surface area contributed by atoms with E-state index in [1.165, 1.54) is 11.3 Å². The van der Waals surface area contributed by atoms with Gasteiger partial charge in [0.2, 0.25) is 0 Å². The van der Waals surface area contributed by atoms with E-state index in [2.05, 4.69) is 58.6 Å². The van der Waals surface area contributed by atoms with Crippen molar-refractivity contribution >= 4 is 41.5 Å². The zero-order valence-electron chi connectivity index (χ0n) is 19.3. The summed E-state index contributed by atoms with van der Waals surface area (Å²) in [4.78, 5) is 20.4. The van der Waals surface area contributed by atoms with Crippen LogP contribution in [0.2, 0.25) is 0 Å². The molecule has 0 aromatic heterocycles. The summed E-state index contributed by atoms with van der Waals surface area (Å²) in [5, 5.41) is 6.74. The summed E-state index contributed by atoms with van der Waals surface area (Å²) in [6.07, 6.45) is 0.819. The summed E-state index contributed by atoms with van der Waals surface area (Å²) in [6, 6.07) is 16.4. The molecule has 0 aliphatic heterocycles. The summed E-state index contributed by atoms with van der Waals surface area (Å²) in [6.45, 7) is 7.69. The van der Waals surface area contributed by atoms with Crippen LogP contribution in [0, 0.1) is 6.92 Å². The molecule has 2 N–H and O–H groups in total. The SMILES string of the molecule is CCN(CCNC(=NC)NCCc1cccc(C(=O)N(C)C)c1)c1cccc(C)c1.I. The Morgan fingerprint density at radius 3 is 2.39 bits per heavy atom. The van der Waals surface area contributed by atoms with Gasteiger partial charge >= 0.3 is 0 Å². The maximum Gasteiger partial charge on any atom is 0.253 e. The zero-order valence-corrected chi connectivity index (χ0v) is 21.6. The molecule has 0 saturated carbocycles. The molecule has 0 fully saturated rings. The fraction of sp³-hybridized carbons (Fsp3) is 0.417. The predicted octanol–water partition coefficient (Wildman–Crippen LogP) is 3.55. The highest BCUT2D eigenvalue weighted by atomic mass is 127. The monoisotopic (exact) mass is 537 g/mol. The lowest BCUT2D eigenvalue weighted by molar-refractivity contribution is 0.0827. The molecule has 0 radical (unpaired) electrons. The van der Waals surface area contributed by atoms with E-state index in [0.717, 1.165) is 49.7 Å². The number of nitrogens with zero attached hydrogens (tertiary/aromatic N) is 3. The molecule has 6 nitrogen and oxygen atoms in total. The Labute approximate surface area is 204 Å². The average Bonchev–Trinajstić information content (AvgIpc) is 2.75. The Balaban J connectivity index is 0.00000480. The molecule has 2 rings (SSSR count). The number of amides is 1. The first-order chi connectivity index (χ1) is 14.4. The number of carbonyl (C=O) groups excluding carboxylic acids is 1. The molecular weight excluding hydrogens is 501 g/mol. The second-order valence-corrected chi connectivity index (χ2v) is 7.49. The Morgan fingerprint density at radius 2 is 1.74 bits per heavy atom. The Kier molecular flexibility index (Phi) is 12.0. The molecule has 0 aliphatic rings. The number of halogens is 1. The lowest BCUT2D eigenvalue weighted by Crippen LogP contribution is -2.42. The number of benzene rings is 2. The van der Waals surface area contributed by atoms with Gasteiger partial charge in [-0.15, -0.1) is 24.0 Å². The number of rotatable bonds is 9. The van der Waals surface area contributed by atoms with Crippen LogP contribution < -0.4 is 15.5 Å². The molecule has 0 heterocycles. The molecule has 7 heteroatoms. The van der Waals surface area contributed by atoms with Crippen LogP contribution in [0.15, 0.2) is 53.5 Å².